The molecular weight excluding hydrogens is 393 g/mol. The van der Waals surface area contributed by atoms with Gasteiger partial charge in [-0.25, -0.2) is 9.37 Å². The zero-order chi connectivity index (χ0) is 20.3. The highest BCUT2D eigenvalue weighted by Gasteiger charge is 2.67. The van der Waals surface area contributed by atoms with E-state index in [1.807, 2.05) is 31.4 Å². The van der Waals surface area contributed by atoms with E-state index < -0.39 is 23.5 Å². The van der Waals surface area contributed by atoms with Crippen LogP contribution in [0.4, 0.5) is 9.52 Å². The quantitative estimate of drug-likeness (QED) is 0.782. The molecule has 3 aliphatic rings. The van der Waals surface area contributed by atoms with Crippen LogP contribution in [0.25, 0.3) is 11.3 Å². The Kier molecular flexibility index (Phi) is 4.11. The number of aromatic nitrogens is 1. The van der Waals surface area contributed by atoms with Gasteiger partial charge in [0.15, 0.2) is 5.13 Å². The van der Waals surface area contributed by atoms with Gasteiger partial charge in [0.2, 0.25) is 11.8 Å². The standard InChI is InChI=1S/C21H20FN3O3S/c1-11(2)25-10-21-8-7-15(28-21)16(17(21)19(25)27)18(26)24-20-23-14(9-29-20)12-3-5-13(22)6-4-12/h3-9,11,15-17H,10H2,1-2H3,(H,23,24,26)/t15-,16-,17+,21-/m0/s1. The number of thiazole rings is 1. The molecule has 0 unspecified atom stereocenters. The summed E-state index contributed by atoms with van der Waals surface area (Å²) in [6.07, 6.45) is 3.45. The molecule has 0 saturated carbocycles. The van der Waals surface area contributed by atoms with Crippen LogP contribution >= 0.6 is 11.3 Å². The Morgan fingerprint density at radius 2 is 2.14 bits per heavy atom. The van der Waals surface area contributed by atoms with Crippen molar-refractivity contribution in [2.45, 2.75) is 31.6 Å². The van der Waals surface area contributed by atoms with Crippen molar-refractivity contribution < 1.29 is 18.7 Å². The number of likely N-dealkylation sites (tertiary alicyclic amines) is 1. The largest absolute Gasteiger partial charge is 0.360 e. The number of carbonyl (C=O) groups excluding carboxylic acids is 2. The molecular formula is C21H20FN3O3S. The zero-order valence-electron chi connectivity index (χ0n) is 16.0. The normalized spacial score (nSPS) is 29.7. The third-order valence-corrected chi connectivity index (χ3v) is 6.69. The van der Waals surface area contributed by atoms with Crippen molar-refractivity contribution in [2.24, 2.45) is 11.8 Å². The number of hydrogen-bond acceptors (Lipinski definition) is 5. The van der Waals surface area contributed by atoms with E-state index in [2.05, 4.69) is 10.3 Å². The lowest BCUT2D eigenvalue weighted by Crippen LogP contribution is -2.42. The second-order valence-electron chi connectivity index (χ2n) is 7.99. The molecule has 0 aliphatic carbocycles. The van der Waals surface area contributed by atoms with Crippen LogP contribution in [0, 0.1) is 17.7 Å². The summed E-state index contributed by atoms with van der Waals surface area (Å²) in [6, 6.07) is 6.09. The summed E-state index contributed by atoms with van der Waals surface area (Å²) in [5.74, 6) is -1.68. The lowest BCUT2D eigenvalue weighted by molar-refractivity contribution is -0.136. The van der Waals surface area contributed by atoms with Gasteiger partial charge < -0.3 is 15.0 Å². The first kappa shape index (κ1) is 18.4. The Balaban J connectivity index is 1.36. The minimum Gasteiger partial charge on any atom is -0.360 e. The maximum Gasteiger partial charge on any atom is 0.233 e. The smallest absolute Gasteiger partial charge is 0.233 e. The maximum atomic E-state index is 13.1. The summed E-state index contributed by atoms with van der Waals surface area (Å²) in [5, 5.41) is 5.11. The topological polar surface area (TPSA) is 71.5 Å². The number of anilines is 1. The highest BCUT2D eigenvalue weighted by Crippen LogP contribution is 2.52. The number of hydrogen-bond donors (Lipinski definition) is 1. The first-order chi connectivity index (χ1) is 13.9. The van der Waals surface area contributed by atoms with E-state index in [-0.39, 0.29) is 23.7 Å². The van der Waals surface area contributed by atoms with Crippen molar-refractivity contribution in [1.29, 1.82) is 0 Å². The molecule has 150 valence electrons. The fourth-order valence-corrected chi connectivity index (χ4v) is 5.26. The van der Waals surface area contributed by atoms with Crippen molar-refractivity contribution in [3.8, 4) is 11.3 Å². The summed E-state index contributed by atoms with van der Waals surface area (Å²) in [7, 11) is 0. The van der Waals surface area contributed by atoms with E-state index in [1.54, 1.807) is 17.0 Å². The summed E-state index contributed by atoms with van der Waals surface area (Å²) in [4.78, 5) is 32.3. The first-order valence-corrected chi connectivity index (χ1v) is 10.5. The van der Waals surface area contributed by atoms with E-state index in [4.69, 9.17) is 4.74 Å². The van der Waals surface area contributed by atoms with Crippen LogP contribution in [0.3, 0.4) is 0 Å². The monoisotopic (exact) mass is 413 g/mol. The third kappa shape index (κ3) is 2.81. The molecule has 1 aromatic carbocycles. The van der Waals surface area contributed by atoms with E-state index in [1.165, 1.54) is 23.5 Å². The van der Waals surface area contributed by atoms with E-state index in [0.29, 0.717) is 17.4 Å². The van der Waals surface area contributed by atoms with Crippen LogP contribution in [0.2, 0.25) is 0 Å². The molecule has 6 nitrogen and oxygen atoms in total. The van der Waals surface area contributed by atoms with Gasteiger partial charge in [-0.1, -0.05) is 12.2 Å². The van der Waals surface area contributed by atoms with E-state index >= 15 is 0 Å². The Hall–Kier alpha value is -2.58. The fourth-order valence-electron chi connectivity index (χ4n) is 4.54. The molecule has 3 aliphatic heterocycles. The van der Waals surface area contributed by atoms with Crippen LogP contribution in [-0.2, 0) is 14.3 Å². The number of rotatable bonds is 4. The molecule has 4 heterocycles. The second-order valence-corrected chi connectivity index (χ2v) is 8.85. The number of carbonyl (C=O) groups is 2. The zero-order valence-corrected chi connectivity index (χ0v) is 16.8. The molecule has 2 bridgehead atoms. The maximum absolute atomic E-state index is 13.1. The molecule has 2 amide bonds. The molecule has 2 saturated heterocycles. The van der Waals surface area contributed by atoms with Gasteiger partial charge in [-0.15, -0.1) is 11.3 Å². The summed E-state index contributed by atoms with van der Waals surface area (Å²) in [5.41, 5.74) is 0.733. The lowest BCUT2D eigenvalue weighted by atomic mass is 9.77. The predicted octanol–water partition coefficient (Wildman–Crippen LogP) is 3.08. The first-order valence-electron chi connectivity index (χ1n) is 9.58. The fraction of sp³-hybridized carbons (Fsp3) is 0.381. The summed E-state index contributed by atoms with van der Waals surface area (Å²) in [6.45, 7) is 4.41. The third-order valence-electron chi connectivity index (χ3n) is 5.93. The van der Waals surface area contributed by atoms with Crippen LogP contribution in [0.5, 0.6) is 0 Å². The highest BCUT2D eigenvalue weighted by molar-refractivity contribution is 7.14. The molecule has 29 heavy (non-hydrogen) atoms. The number of fused-ring (bicyclic) bond motifs is 1. The molecule has 0 radical (unpaired) electrons. The van der Waals surface area contributed by atoms with Crippen molar-refractivity contribution in [1.82, 2.24) is 9.88 Å². The van der Waals surface area contributed by atoms with Crippen LogP contribution in [0.1, 0.15) is 13.8 Å². The van der Waals surface area contributed by atoms with Crippen molar-refractivity contribution in [3.63, 3.8) is 0 Å². The van der Waals surface area contributed by atoms with E-state index in [0.717, 1.165) is 5.56 Å². The molecule has 5 rings (SSSR count). The highest BCUT2D eigenvalue weighted by atomic mass is 32.1. The van der Waals surface area contributed by atoms with Crippen molar-refractivity contribution >= 4 is 28.3 Å². The second kappa shape index (κ2) is 6.47. The number of nitrogens with one attached hydrogen (secondary N) is 1. The lowest BCUT2D eigenvalue weighted by Gasteiger charge is -2.24. The molecule has 2 aromatic rings. The Bertz CT molecular complexity index is 1020. The van der Waals surface area contributed by atoms with Gasteiger partial charge in [-0.2, -0.15) is 0 Å². The van der Waals surface area contributed by atoms with Gasteiger partial charge >= 0.3 is 0 Å². The molecule has 8 heteroatoms. The Labute approximate surface area is 171 Å². The number of nitrogens with zero attached hydrogens (tertiary/aromatic N) is 2. The predicted molar refractivity (Wildman–Crippen MR) is 107 cm³/mol. The average Bonchev–Trinajstić information content (AvgIpc) is 3.43. The van der Waals surface area contributed by atoms with Crippen LogP contribution in [0.15, 0.2) is 41.8 Å². The molecule has 1 spiro atoms. The van der Waals surface area contributed by atoms with Gasteiger partial charge in [0, 0.05) is 17.0 Å². The summed E-state index contributed by atoms with van der Waals surface area (Å²) >= 11 is 1.29. The number of ether oxygens (including phenoxy) is 1. The minimum atomic E-state index is -0.698. The van der Waals surface area contributed by atoms with Gasteiger partial charge in [0.05, 0.1) is 30.2 Å². The van der Waals surface area contributed by atoms with Gasteiger partial charge in [-0.05, 0) is 38.1 Å². The Morgan fingerprint density at radius 1 is 1.38 bits per heavy atom. The Morgan fingerprint density at radius 3 is 2.86 bits per heavy atom. The van der Waals surface area contributed by atoms with Crippen molar-refractivity contribution in [2.75, 3.05) is 11.9 Å². The number of halogens is 1. The molecule has 1 aromatic heterocycles. The average molecular weight is 413 g/mol. The van der Waals surface area contributed by atoms with Crippen LogP contribution in [-0.4, -0.2) is 46.0 Å². The minimum absolute atomic E-state index is 0.0295. The number of amides is 2. The number of benzene rings is 1. The van der Waals surface area contributed by atoms with Gasteiger partial charge in [-0.3, -0.25) is 9.59 Å². The molecule has 1 N–H and O–H groups in total. The van der Waals surface area contributed by atoms with Crippen LogP contribution < -0.4 is 5.32 Å². The SMILES string of the molecule is CC(C)N1C[C@]23C=C[C@H](O2)[C@H](C(=O)Nc2nc(-c4ccc(F)cc4)cs2)[C@@H]3C1=O. The molecule has 2 fully saturated rings. The van der Waals surface area contributed by atoms with E-state index in [9.17, 15) is 14.0 Å². The van der Waals surface area contributed by atoms with Crippen molar-refractivity contribution in [3.05, 3.63) is 47.6 Å². The van der Waals surface area contributed by atoms with Gasteiger partial charge in [0.1, 0.15) is 11.4 Å². The molecule has 4 atom stereocenters. The summed E-state index contributed by atoms with van der Waals surface area (Å²) < 4.78 is 19.2. The van der Waals surface area contributed by atoms with Gasteiger partial charge in [0.25, 0.3) is 0 Å².